The first kappa shape index (κ1) is 22.3. The number of anilines is 1. The Morgan fingerprint density at radius 3 is 2.50 bits per heavy atom. The normalized spacial score (nSPS) is 15.1. The molecule has 2 N–H and O–H groups in total. The lowest BCUT2D eigenvalue weighted by molar-refractivity contribution is 0.0638. The van der Waals surface area contributed by atoms with Gasteiger partial charge < -0.3 is 9.84 Å². The highest BCUT2D eigenvalue weighted by molar-refractivity contribution is 7.92. The van der Waals surface area contributed by atoms with Crippen molar-refractivity contribution in [2.24, 2.45) is 0 Å². The van der Waals surface area contributed by atoms with E-state index in [-0.39, 0.29) is 6.61 Å². The highest BCUT2D eigenvalue weighted by Gasteiger charge is 2.18. The van der Waals surface area contributed by atoms with Gasteiger partial charge in [0, 0.05) is 25.3 Å². The zero-order chi connectivity index (χ0) is 22.6. The van der Waals surface area contributed by atoms with Gasteiger partial charge in [-0.2, -0.15) is 0 Å². The van der Waals surface area contributed by atoms with E-state index in [1.54, 1.807) is 12.1 Å². The molecule has 168 valence electrons. The third-order valence-corrected chi connectivity index (χ3v) is 6.08. The van der Waals surface area contributed by atoms with Crippen LogP contribution in [-0.4, -0.2) is 50.5 Å². The summed E-state index contributed by atoms with van der Waals surface area (Å²) in [7, 11) is -3.30. The van der Waals surface area contributed by atoms with Gasteiger partial charge in [0.05, 0.1) is 6.26 Å². The average Bonchev–Trinajstić information content (AvgIpc) is 2.77. The summed E-state index contributed by atoms with van der Waals surface area (Å²) in [4.78, 5) is 2.26. The third-order valence-electron chi connectivity index (χ3n) is 5.48. The summed E-state index contributed by atoms with van der Waals surface area (Å²) >= 11 is 0. The van der Waals surface area contributed by atoms with Crippen LogP contribution in [0.25, 0.3) is 11.1 Å². The van der Waals surface area contributed by atoms with Crippen LogP contribution in [0.1, 0.15) is 11.1 Å². The number of hydrogen-bond acceptors (Lipinski definition) is 5. The summed E-state index contributed by atoms with van der Waals surface area (Å²) in [6.45, 7) is 2.59. The Hall–Kier alpha value is -2.87. The Balaban J connectivity index is 1.32. The molecule has 3 aromatic rings. The second kappa shape index (κ2) is 9.73. The zero-order valence-corrected chi connectivity index (χ0v) is 18.9. The summed E-state index contributed by atoms with van der Waals surface area (Å²) in [5, 5.41) is 10.5. The minimum Gasteiger partial charge on any atom is -0.491 e. The van der Waals surface area contributed by atoms with E-state index in [2.05, 4.69) is 33.9 Å². The standard InChI is InChI=1S/C25H28N2O4S/c1-32(29,30)26-23-11-9-20(10-12-23)21-7-4-8-25(15-21)31-18-24(28)17-27-14-13-19-5-2-3-6-22(19)16-27/h2-12,15,24,26,28H,13-14,16-18H2,1H3. The van der Waals surface area contributed by atoms with Crippen molar-refractivity contribution in [3.63, 3.8) is 0 Å². The molecule has 0 bridgehead atoms. The van der Waals surface area contributed by atoms with Crippen molar-refractivity contribution in [2.75, 3.05) is 30.7 Å². The highest BCUT2D eigenvalue weighted by Crippen LogP contribution is 2.26. The van der Waals surface area contributed by atoms with Crippen LogP contribution in [0.4, 0.5) is 5.69 Å². The minimum atomic E-state index is -3.30. The van der Waals surface area contributed by atoms with Gasteiger partial charge in [-0.05, 0) is 52.9 Å². The van der Waals surface area contributed by atoms with Crippen LogP contribution >= 0.6 is 0 Å². The maximum Gasteiger partial charge on any atom is 0.229 e. The van der Waals surface area contributed by atoms with Crippen molar-refractivity contribution in [3.8, 4) is 16.9 Å². The predicted octanol–water partition coefficient (Wildman–Crippen LogP) is 3.52. The van der Waals surface area contributed by atoms with Crippen LogP contribution in [-0.2, 0) is 23.0 Å². The topological polar surface area (TPSA) is 78.9 Å². The molecule has 1 heterocycles. The number of nitrogens with one attached hydrogen (secondary N) is 1. The van der Waals surface area contributed by atoms with Crippen molar-refractivity contribution in [1.29, 1.82) is 0 Å². The van der Waals surface area contributed by atoms with Gasteiger partial charge in [-0.15, -0.1) is 0 Å². The van der Waals surface area contributed by atoms with Gasteiger partial charge >= 0.3 is 0 Å². The maximum atomic E-state index is 11.4. The van der Waals surface area contributed by atoms with E-state index in [0.717, 1.165) is 36.9 Å². The Kier molecular flexibility index (Phi) is 6.79. The van der Waals surface area contributed by atoms with Gasteiger partial charge in [0.15, 0.2) is 0 Å². The van der Waals surface area contributed by atoms with E-state index in [0.29, 0.717) is 18.0 Å². The minimum absolute atomic E-state index is 0.221. The first-order valence-corrected chi connectivity index (χ1v) is 12.5. The lowest BCUT2D eigenvalue weighted by atomic mass is 10.00. The Morgan fingerprint density at radius 2 is 1.75 bits per heavy atom. The van der Waals surface area contributed by atoms with E-state index in [1.165, 1.54) is 11.1 Å². The number of rotatable bonds is 8. The molecule has 7 heteroatoms. The molecule has 1 aliphatic rings. The Labute approximate surface area is 189 Å². The molecule has 4 rings (SSSR count). The van der Waals surface area contributed by atoms with Crippen LogP contribution in [0.3, 0.4) is 0 Å². The largest absolute Gasteiger partial charge is 0.491 e. The van der Waals surface area contributed by atoms with Crippen molar-refractivity contribution in [1.82, 2.24) is 4.90 Å². The number of β-amino-alcohol motifs (C(OH)–C–C–N with tert-alkyl or cyclic N) is 1. The third kappa shape index (κ3) is 6.09. The molecule has 0 saturated heterocycles. The van der Waals surface area contributed by atoms with Crippen molar-refractivity contribution in [2.45, 2.75) is 19.1 Å². The lowest BCUT2D eigenvalue weighted by Gasteiger charge is -2.30. The fourth-order valence-electron chi connectivity index (χ4n) is 3.96. The average molecular weight is 453 g/mol. The van der Waals surface area contributed by atoms with Gasteiger partial charge in [-0.25, -0.2) is 8.42 Å². The molecule has 0 fully saturated rings. The number of fused-ring (bicyclic) bond motifs is 1. The van der Waals surface area contributed by atoms with Gasteiger partial charge in [0.2, 0.25) is 10.0 Å². The number of benzene rings is 3. The monoisotopic (exact) mass is 452 g/mol. The molecule has 0 aromatic heterocycles. The molecule has 0 saturated carbocycles. The molecule has 1 unspecified atom stereocenters. The van der Waals surface area contributed by atoms with Crippen LogP contribution < -0.4 is 9.46 Å². The first-order valence-electron chi connectivity index (χ1n) is 10.6. The molecule has 1 atom stereocenters. The number of nitrogens with zero attached hydrogens (tertiary/aromatic N) is 1. The molecule has 0 radical (unpaired) electrons. The molecule has 0 spiro atoms. The van der Waals surface area contributed by atoms with Crippen molar-refractivity contribution in [3.05, 3.63) is 83.9 Å². The van der Waals surface area contributed by atoms with Crippen LogP contribution in [0, 0.1) is 0 Å². The Bertz CT molecular complexity index is 1160. The SMILES string of the molecule is CS(=O)(=O)Nc1ccc(-c2cccc(OCC(O)CN3CCc4ccccc4C3)c2)cc1. The molecular formula is C25H28N2O4S. The highest BCUT2D eigenvalue weighted by atomic mass is 32.2. The number of hydrogen-bond donors (Lipinski definition) is 2. The summed E-state index contributed by atoms with van der Waals surface area (Å²) in [6.07, 6.45) is 1.55. The van der Waals surface area contributed by atoms with E-state index in [1.807, 2.05) is 36.4 Å². The quantitative estimate of drug-likeness (QED) is 0.547. The van der Waals surface area contributed by atoms with Crippen LogP contribution in [0.2, 0.25) is 0 Å². The molecule has 6 nitrogen and oxygen atoms in total. The van der Waals surface area contributed by atoms with Gasteiger partial charge in [-0.1, -0.05) is 48.5 Å². The number of ether oxygens (including phenoxy) is 1. The molecular weight excluding hydrogens is 424 g/mol. The molecule has 32 heavy (non-hydrogen) atoms. The van der Waals surface area contributed by atoms with Gasteiger partial charge in [0.1, 0.15) is 18.5 Å². The maximum absolute atomic E-state index is 11.4. The summed E-state index contributed by atoms with van der Waals surface area (Å²) in [5.74, 6) is 0.684. The molecule has 3 aromatic carbocycles. The first-order chi connectivity index (χ1) is 15.4. The number of aliphatic hydroxyl groups excluding tert-OH is 1. The fourth-order valence-corrected chi connectivity index (χ4v) is 4.53. The van der Waals surface area contributed by atoms with E-state index in [9.17, 15) is 13.5 Å². The summed E-state index contributed by atoms with van der Waals surface area (Å²) in [6, 6.07) is 23.3. The molecule has 1 aliphatic heterocycles. The van der Waals surface area contributed by atoms with Gasteiger partial charge in [-0.3, -0.25) is 9.62 Å². The van der Waals surface area contributed by atoms with E-state index in [4.69, 9.17) is 4.74 Å². The van der Waals surface area contributed by atoms with Crippen LogP contribution in [0.15, 0.2) is 72.8 Å². The lowest BCUT2D eigenvalue weighted by Crippen LogP contribution is -2.38. The second-order valence-electron chi connectivity index (χ2n) is 8.20. The van der Waals surface area contributed by atoms with E-state index < -0.39 is 16.1 Å². The zero-order valence-electron chi connectivity index (χ0n) is 18.1. The molecule has 0 amide bonds. The smallest absolute Gasteiger partial charge is 0.229 e. The predicted molar refractivity (Wildman–Crippen MR) is 127 cm³/mol. The number of aliphatic hydroxyl groups is 1. The van der Waals surface area contributed by atoms with Crippen molar-refractivity contribution < 1.29 is 18.3 Å². The second-order valence-corrected chi connectivity index (χ2v) is 9.95. The van der Waals surface area contributed by atoms with Crippen LogP contribution in [0.5, 0.6) is 5.75 Å². The number of sulfonamides is 1. The van der Waals surface area contributed by atoms with Gasteiger partial charge in [0.25, 0.3) is 0 Å². The van der Waals surface area contributed by atoms with E-state index >= 15 is 0 Å². The summed E-state index contributed by atoms with van der Waals surface area (Å²) in [5.41, 5.74) is 5.15. The fraction of sp³-hybridized carbons (Fsp3) is 0.280. The molecule has 0 aliphatic carbocycles. The van der Waals surface area contributed by atoms with Crippen molar-refractivity contribution >= 4 is 15.7 Å². The summed E-state index contributed by atoms with van der Waals surface area (Å²) < 4.78 is 31.0. The Morgan fingerprint density at radius 1 is 1.00 bits per heavy atom.